The van der Waals surface area contributed by atoms with Crippen LogP contribution >= 0.6 is 0 Å². The molecule has 0 aliphatic carbocycles. The molecule has 1 amide bonds. The molecule has 1 unspecified atom stereocenters. The Hall–Kier alpha value is -2.09. The largest absolute Gasteiger partial charge is 0.492 e. The van der Waals surface area contributed by atoms with Crippen molar-refractivity contribution >= 4 is 11.8 Å². The van der Waals surface area contributed by atoms with Crippen molar-refractivity contribution < 1.29 is 23.4 Å². The number of halogens is 2. The number of nitrogens with two attached hydrogens (primary N) is 1. The van der Waals surface area contributed by atoms with E-state index >= 15 is 0 Å². The molecule has 1 aliphatic heterocycles. The van der Waals surface area contributed by atoms with Crippen LogP contribution in [0.1, 0.15) is 12.5 Å². The smallest absolute Gasteiger partial charge is 0.407 e. The highest BCUT2D eigenvalue weighted by atomic mass is 19.3. The first kappa shape index (κ1) is 18.3. The maximum Gasteiger partial charge on any atom is 0.407 e. The molecule has 1 fully saturated rings. The van der Waals surface area contributed by atoms with Gasteiger partial charge in [-0.3, -0.25) is 4.90 Å². The van der Waals surface area contributed by atoms with Gasteiger partial charge in [0.25, 0.3) is 0 Å². The lowest BCUT2D eigenvalue weighted by atomic mass is 10.1. The number of hydrogen-bond donors (Lipinski definition) is 2. The maximum atomic E-state index is 12.6. The lowest BCUT2D eigenvalue weighted by molar-refractivity contribution is 0.0679. The van der Waals surface area contributed by atoms with E-state index in [1.165, 1.54) is 11.0 Å². The molecule has 1 aromatic rings. The Balaban J connectivity index is 1.85. The Bertz CT molecular complexity index is 571. The van der Waals surface area contributed by atoms with E-state index in [0.29, 0.717) is 49.8 Å². The van der Waals surface area contributed by atoms with E-state index in [2.05, 4.69) is 4.90 Å². The summed E-state index contributed by atoms with van der Waals surface area (Å²) in [6.45, 7) is 4.53. The van der Waals surface area contributed by atoms with E-state index in [-0.39, 0.29) is 6.04 Å². The minimum absolute atomic E-state index is 0.0813. The molecule has 6 nitrogen and oxygen atoms in total. The predicted molar refractivity (Wildman–Crippen MR) is 86.7 cm³/mol. The van der Waals surface area contributed by atoms with Crippen LogP contribution in [-0.2, 0) is 6.42 Å². The average Bonchev–Trinajstić information content (AvgIpc) is 2.48. The van der Waals surface area contributed by atoms with Crippen LogP contribution in [0.15, 0.2) is 18.2 Å². The number of amides is 1. The van der Waals surface area contributed by atoms with Crippen LogP contribution in [0.4, 0.5) is 19.3 Å². The first-order valence-corrected chi connectivity index (χ1v) is 7.88. The van der Waals surface area contributed by atoms with Crippen molar-refractivity contribution in [2.24, 2.45) is 0 Å². The third-order valence-electron chi connectivity index (χ3n) is 4.08. The highest BCUT2D eigenvalue weighted by Crippen LogP contribution is 2.24. The molecule has 0 bridgehead atoms. The van der Waals surface area contributed by atoms with Crippen molar-refractivity contribution in [1.29, 1.82) is 0 Å². The van der Waals surface area contributed by atoms with Crippen LogP contribution in [0.2, 0.25) is 0 Å². The minimum atomic E-state index is -2.46. The Labute approximate surface area is 139 Å². The van der Waals surface area contributed by atoms with Gasteiger partial charge in [0.2, 0.25) is 6.43 Å². The predicted octanol–water partition coefficient (Wildman–Crippen LogP) is 2.14. The molecule has 134 valence electrons. The van der Waals surface area contributed by atoms with Gasteiger partial charge in [0, 0.05) is 49.9 Å². The Morgan fingerprint density at radius 1 is 1.46 bits per heavy atom. The van der Waals surface area contributed by atoms with Gasteiger partial charge in [-0.25, -0.2) is 13.6 Å². The van der Waals surface area contributed by atoms with E-state index < -0.39 is 18.9 Å². The summed E-state index contributed by atoms with van der Waals surface area (Å²) in [5.41, 5.74) is 6.46. The van der Waals surface area contributed by atoms with Gasteiger partial charge in [-0.2, -0.15) is 0 Å². The zero-order chi connectivity index (χ0) is 17.7. The molecule has 0 spiro atoms. The topological polar surface area (TPSA) is 79.0 Å². The van der Waals surface area contributed by atoms with E-state index in [4.69, 9.17) is 15.6 Å². The molecule has 0 saturated carbocycles. The summed E-state index contributed by atoms with van der Waals surface area (Å²) in [6.07, 6.45) is -3.76. The fourth-order valence-electron chi connectivity index (χ4n) is 2.87. The molecule has 1 atom stereocenters. The number of hydrogen-bond acceptors (Lipinski definition) is 4. The fourth-order valence-corrected chi connectivity index (χ4v) is 2.87. The summed E-state index contributed by atoms with van der Waals surface area (Å²) in [5.74, 6) is 0.418. The average molecular weight is 343 g/mol. The number of carbonyl (C=O) groups is 1. The number of piperazine rings is 1. The summed E-state index contributed by atoms with van der Waals surface area (Å²) >= 11 is 0. The SMILES string of the molecule is CC1CN(CCOc2ccc(N)cc2CC(F)F)CCN1C(=O)O. The zero-order valence-corrected chi connectivity index (χ0v) is 13.6. The van der Waals surface area contributed by atoms with E-state index in [9.17, 15) is 13.6 Å². The van der Waals surface area contributed by atoms with Crippen LogP contribution in [0.25, 0.3) is 0 Å². The first-order valence-electron chi connectivity index (χ1n) is 7.88. The number of anilines is 1. The molecule has 24 heavy (non-hydrogen) atoms. The molecule has 1 saturated heterocycles. The van der Waals surface area contributed by atoms with Crippen molar-refractivity contribution in [2.45, 2.75) is 25.8 Å². The van der Waals surface area contributed by atoms with Crippen molar-refractivity contribution in [1.82, 2.24) is 9.80 Å². The number of carboxylic acid groups (broad SMARTS) is 1. The third kappa shape index (κ3) is 4.95. The molecule has 3 N–H and O–H groups in total. The molecule has 0 aromatic heterocycles. The van der Waals surface area contributed by atoms with Gasteiger partial charge in [0.05, 0.1) is 0 Å². The fraction of sp³-hybridized carbons (Fsp3) is 0.562. The van der Waals surface area contributed by atoms with E-state index in [1.807, 2.05) is 6.92 Å². The van der Waals surface area contributed by atoms with Crippen LogP contribution in [0, 0.1) is 0 Å². The minimum Gasteiger partial charge on any atom is -0.492 e. The molecular weight excluding hydrogens is 320 g/mol. The number of nitrogens with zero attached hydrogens (tertiary/aromatic N) is 2. The highest BCUT2D eigenvalue weighted by molar-refractivity contribution is 5.65. The van der Waals surface area contributed by atoms with E-state index in [1.54, 1.807) is 12.1 Å². The number of nitrogen functional groups attached to an aromatic ring is 1. The Kier molecular flexibility index (Phi) is 6.19. The second kappa shape index (κ2) is 8.14. The lowest BCUT2D eigenvalue weighted by Crippen LogP contribution is -2.54. The maximum absolute atomic E-state index is 12.6. The quantitative estimate of drug-likeness (QED) is 0.774. The second-order valence-corrected chi connectivity index (χ2v) is 5.94. The summed E-state index contributed by atoms with van der Waals surface area (Å²) in [7, 11) is 0. The van der Waals surface area contributed by atoms with Crippen LogP contribution < -0.4 is 10.5 Å². The lowest BCUT2D eigenvalue weighted by Gasteiger charge is -2.38. The monoisotopic (exact) mass is 343 g/mol. The summed E-state index contributed by atoms with van der Waals surface area (Å²) in [5, 5.41) is 9.06. The molecule has 2 rings (SSSR count). The first-order chi connectivity index (χ1) is 11.4. The Morgan fingerprint density at radius 2 is 2.21 bits per heavy atom. The van der Waals surface area contributed by atoms with Crippen molar-refractivity contribution in [3.8, 4) is 5.75 Å². The van der Waals surface area contributed by atoms with Crippen molar-refractivity contribution in [3.63, 3.8) is 0 Å². The summed E-state index contributed by atoms with van der Waals surface area (Å²) < 4.78 is 30.9. The normalized spacial score (nSPS) is 18.8. The van der Waals surface area contributed by atoms with Crippen LogP contribution in [-0.4, -0.2) is 66.3 Å². The van der Waals surface area contributed by atoms with E-state index in [0.717, 1.165) is 0 Å². The van der Waals surface area contributed by atoms with Gasteiger partial charge in [-0.05, 0) is 25.1 Å². The molecule has 0 radical (unpaired) electrons. The third-order valence-corrected chi connectivity index (χ3v) is 4.08. The standard InChI is InChI=1S/C16H23F2N3O3/c1-11-10-20(4-5-21(11)16(22)23)6-7-24-14-3-2-13(19)8-12(14)9-15(17)18/h2-3,8,11,15H,4-7,9-10,19H2,1H3,(H,22,23). The molecular formula is C16H23F2N3O3. The second-order valence-electron chi connectivity index (χ2n) is 5.94. The zero-order valence-electron chi connectivity index (χ0n) is 13.6. The number of ether oxygens (including phenoxy) is 1. The molecule has 1 heterocycles. The van der Waals surface area contributed by atoms with Gasteiger partial charge in [0.1, 0.15) is 12.4 Å². The molecule has 1 aliphatic rings. The number of alkyl halides is 2. The summed E-state index contributed by atoms with van der Waals surface area (Å²) in [6, 6.07) is 4.66. The molecule has 1 aromatic carbocycles. The van der Waals surface area contributed by atoms with Crippen LogP contribution in [0.5, 0.6) is 5.75 Å². The van der Waals surface area contributed by atoms with Crippen molar-refractivity contribution in [2.75, 3.05) is 38.5 Å². The van der Waals surface area contributed by atoms with Gasteiger partial charge in [0.15, 0.2) is 0 Å². The van der Waals surface area contributed by atoms with Gasteiger partial charge >= 0.3 is 6.09 Å². The molecule has 8 heteroatoms. The Morgan fingerprint density at radius 3 is 2.83 bits per heavy atom. The van der Waals surface area contributed by atoms with Gasteiger partial charge in [-0.1, -0.05) is 0 Å². The van der Waals surface area contributed by atoms with Crippen molar-refractivity contribution in [3.05, 3.63) is 23.8 Å². The number of benzene rings is 1. The van der Waals surface area contributed by atoms with Gasteiger partial charge in [-0.15, -0.1) is 0 Å². The van der Waals surface area contributed by atoms with Crippen LogP contribution in [0.3, 0.4) is 0 Å². The van der Waals surface area contributed by atoms with Gasteiger partial charge < -0.3 is 20.5 Å². The highest BCUT2D eigenvalue weighted by Gasteiger charge is 2.26. The summed E-state index contributed by atoms with van der Waals surface area (Å²) in [4.78, 5) is 14.6. The number of rotatable bonds is 6.